The van der Waals surface area contributed by atoms with Crippen LogP contribution in [0.3, 0.4) is 0 Å². The lowest BCUT2D eigenvalue weighted by molar-refractivity contribution is 0.0606. The largest absolute Gasteiger partial charge is 0.465 e. The van der Waals surface area contributed by atoms with Gasteiger partial charge in [0.15, 0.2) is 0 Å². The molecule has 0 unspecified atom stereocenters. The SMILES string of the molecule is COC(=O)c1cnc([C@H](C)N)s1. The fourth-order valence-corrected chi connectivity index (χ4v) is 1.48. The molecule has 0 bridgehead atoms. The van der Waals surface area contributed by atoms with E-state index in [0.717, 1.165) is 5.01 Å². The molecule has 4 nitrogen and oxygen atoms in total. The minimum atomic E-state index is -0.362. The van der Waals surface area contributed by atoms with E-state index in [-0.39, 0.29) is 12.0 Å². The first-order chi connectivity index (χ1) is 5.65. The molecule has 0 spiro atoms. The Bertz CT molecular complexity index is 283. The Hall–Kier alpha value is -0.940. The van der Waals surface area contributed by atoms with Gasteiger partial charge in [0.1, 0.15) is 9.88 Å². The molecule has 0 radical (unpaired) electrons. The highest BCUT2D eigenvalue weighted by Gasteiger charge is 2.11. The summed E-state index contributed by atoms with van der Waals surface area (Å²) >= 11 is 1.26. The summed E-state index contributed by atoms with van der Waals surface area (Å²) in [6, 6.07) is -0.131. The summed E-state index contributed by atoms with van der Waals surface area (Å²) in [5, 5.41) is 0.746. The summed E-state index contributed by atoms with van der Waals surface area (Å²) < 4.78 is 4.52. The molecule has 0 aliphatic carbocycles. The summed E-state index contributed by atoms with van der Waals surface area (Å²) in [6.07, 6.45) is 1.48. The van der Waals surface area contributed by atoms with Gasteiger partial charge in [0.2, 0.25) is 0 Å². The maximum Gasteiger partial charge on any atom is 0.349 e. The molecule has 0 aliphatic rings. The van der Waals surface area contributed by atoms with Crippen LogP contribution in [0.2, 0.25) is 0 Å². The predicted octanol–water partition coefficient (Wildman–Crippen LogP) is 0.949. The molecule has 1 atom stereocenters. The standard InChI is InChI=1S/C7H10N2O2S/c1-4(8)6-9-3-5(12-6)7(10)11-2/h3-4H,8H2,1-2H3/t4-/m0/s1. The highest BCUT2D eigenvalue weighted by molar-refractivity contribution is 7.13. The highest BCUT2D eigenvalue weighted by Crippen LogP contribution is 2.18. The summed E-state index contributed by atoms with van der Waals surface area (Å²) in [6.45, 7) is 1.82. The number of carbonyl (C=O) groups excluding carboxylic acids is 1. The van der Waals surface area contributed by atoms with E-state index in [1.165, 1.54) is 24.6 Å². The number of rotatable bonds is 2. The van der Waals surface area contributed by atoms with Crippen LogP contribution in [0.25, 0.3) is 0 Å². The lowest BCUT2D eigenvalue weighted by Gasteiger charge is -1.96. The molecule has 0 aromatic carbocycles. The molecule has 1 aromatic rings. The number of hydrogen-bond acceptors (Lipinski definition) is 5. The van der Waals surface area contributed by atoms with Gasteiger partial charge in [-0.15, -0.1) is 11.3 Å². The van der Waals surface area contributed by atoms with Gasteiger partial charge in [-0.05, 0) is 6.92 Å². The van der Waals surface area contributed by atoms with Gasteiger partial charge < -0.3 is 10.5 Å². The zero-order chi connectivity index (χ0) is 9.14. The van der Waals surface area contributed by atoms with Crippen LogP contribution in [0.5, 0.6) is 0 Å². The van der Waals surface area contributed by atoms with Crippen molar-refractivity contribution in [3.05, 3.63) is 16.1 Å². The van der Waals surface area contributed by atoms with E-state index >= 15 is 0 Å². The first-order valence-corrected chi connectivity index (χ1v) is 4.26. The quantitative estimate of drug-likeness (QED) is 0.698. The van der Waals surface area contributed by atoms with Crippen LogP contribution in [0.15, 0.2) is 6.20 Å². The molecule has 66 valence electrons. The van der Waals surface area contributed by atoms with Crippen molar-refractivity contribution in [1.29, 1.82) is 0 Å². The van der Waals surface area contributed by atoms with Crippen LogP contribution < -0.4 is 5.73 Å². The van der Waals surface area contributed by atoms with Gasteiger partial charge in [-0.1, -0.05) is 0 Å². The highest BCUT2D eigenvalue weighted by atomic mass is 32.1. The van der Waals surface area contributed by atoms with E-state index in [9.17, 15) is 4.79 Å². The van der Waals surface area contributed by atoms with Crippen molar-refractivity contribution < 1.29 is 9.53 Å². The molecule has 5 heteroatoms. The van der Waals surface area contributed by atoms with Crippen LogP contribution in [0.4, 0.5) is 0 Å². The number of esters is 1. The Labute approximate surface area is 74.4 Å². The maximum atomic E-state index is 11.0. The maximum absolute atomic E-state index is 11.0. The minimum Gasteiger partial charge on any atom is -0.465 e. The first kappa shape index (κ1) is 9.15. The molecule has 1 rings (SSSR count). The molecule has 0 saturated carbocycles. The molecule has 1 aromatic heterocycles. The Morgan fingerprint density at radius 1 is 1.83 bits per heavy atom. The second kappa shape index (κ2) is 3.64. The van der Waals surface area contributed by atoms with E-state index in [1.54, 1.807) is 0 Å². The number of nitrogens with zero attached hydrogens (tertiary/aromatic N) is 1. The fourth-order valence-electron chi connectivity index (χ4n) is 0.693. The molecule has 0 amide bonds. The predicted molar refractivity (Wildman–Crippen MR) is 46.1 cm³/mol. The van der Waals surface area contributed by atoms with Gasteiger partial charge in [-0.2, -0.15) is 0 Å². The number of ether oxygens (including phenoxy) is 1. The molecule has 2 N–H and O–H groups in total. The molecule has 1 heterocycles. The molecule has 0 aliphatic heterocycles. The fraction of sp³-hybridized carbons (Fsp3) is 0.429. The van der Waals surface area contributed by atoms with Gasteiger partial charge in [-0.3, -0.25) is 0 Å². The number of nitrogens with two attached hydrogens (primary N) is 1. The van der Waals surface area contributed by atoms with Gasteiger partial charge in [0.25, 0.3) is 0 Å². The normalized spacial score (nSPS) is 12.6. The third kappa shape index (κ3) is 1.80. The Kier molecular flexibility index (Phi) is 2.78. The Morgan fingerprint density at radius 2 is 2.50 bits per heavy atom. The van der Waals surface area contributed by atoms with Crippen molar-refractivity contribution in [1.82, 2.24) is 4.98 Å². The monoisotopic (exact) mass is 186 g/mol. The van der Waals surface area contributed by atoms with Crippen molar-refractivity contribution >= 4 is 17.3 Å². The third-order valence-corrected chi connectivity index (χ3v) is 2.48. The lowest BCUT2D eigenvalue weighted by Crippen LogP contribution is -2.03. The van der Waals surface area contributed by atoms with Crippen molar-refractivity contribution in [3.63, 3.8) is 0 Å². The van der Waals surface area contributed by atoms with Crippen LogP contribution in [0.1, 0.15) is 27.6 Å². The summed E-state index contributed by atoms with van der Waals surface area (Å²) in [7, 11) is 1.34. The summed E-state index contributed by atoms with van der Waals surface area (Å²) in [4.78, 5) is 15.4. The van der Waals surface area contributed by atoms with Crippen LogP contribution in [-0.4, -0.2) is 18.1 Å². The molecule has 0 fully saturated rings. The Balaban J connectivity index is 2.84. The number of aromatic nitrogens is 1. The second-order valence-electron chi connectivity index (χ2n) is 2.34. The summed E-state index contributed by atoms with van der Waals surface area (Å²) in [5.41, 5.74) is 5.56. The van der Waals surface area contributed by atoms with E-state index in [1.807, 2.05) is 6.92 Å². The van der Waals surface area contributed by atoms with Gasteiger partial charge in [0, 0.05) is 0 Å². The zero-order valence-electron chi connectivity index (χ0n) is 6.90. The third-order valence-electron chi connectivity index (χ3n) is 1.30. The van der Waals surface area contributed by atoms with Gasteiger partial charge in [0.05, 0.1) is 19.3 Å². The number of carbonyl (C=O) groups is 1. The van der Waals surface area contributed by atoms with Gasteiger partial charge in [-0.25, -0.2) is 9.78 Å². The van der Waals surface area contributed by atoms with Crippen LogP contribution in [0, 0.1) is 0 Å². The smallest absolute Gasteiger partial charge is 0.349 e. The molecule has 0 saturated heterocycles. The number of thiazole rings is 1. The molecular formula is C7H10N2O2S. The van der Waals surface area contributed by atoms with Crippen LogP contribution in [-0.2, 0) is 4.74 Å². The van der Waals surface area contributed by atoms with E-state index in [2.05, 4.69) is 9.72 Å². The lowest BCUT2D eigenvalue weighted by atomic mass is 10.4. The van der Waals surface area contributed by atoms with Crippen LogP contribution >= 0.6 is 11.3 Å². The molecule has 12 heavy (non-hydrogen) atoms. The van der Waals surface area contributed by atoms with Crippen molar-refractivity contribution in [3.8, 4) is 0 Å². The number of hydrogen-bond donors (Lipinski definition) is 1. The van der Waals surface area contributed by atoms with E-state index in [4.69, 9.17) is 5.73 Å². The minimum absolute atomic E-state index is 0.131. The number of methoxy groups -OCH3 is 1. The topological polar surface area (TPSA) is 65.2 Å². The average Bonchev–Trinajstić information content (AvgIpc) is 2.51. The summed E-state index contributed by atoms with van der Waals surface area (Å²) in [5.74, 6) is -0.362. The molecular weight excluding hydrogens is 176 g/mol. The van der Waals surface area contributed by atoms with Crippen molar-refractivity contribution in [2.75, 3.05) is 7.11 Å². The second-order valence-corrected chi connectivity index (χ2v) is 3.41. The van der Waals surface area contributed by atoms with Crippen molar-refractivity contribution in [2.24, 2.45) is 5.73 Å². The zero-order valence-corrected chi connectivity index (χ0v) is 7.72. The van der Waals surface area contributed by atoms with E-state index < -0.39 is 0 Å². The average molecular weight is 186 g/mol. The first-order valence-electron chi connectivity index (χ1n) is 3.44. The van der Waals surface area contributed by atoms with Crippen molar-refractivity contribution in [2.45, 2.75) is 13.0 Å². The Morgan fingerprint density at radius 3 is 2.92 bits per heavy atom. The van der Waals surface area contributed by atoms with E-state index in [0.29, 0.717) is 4.88 Å². The van der Waals surface area contributed by atoms with Gasteiger partial charge >= 0.3 is 5.97 Å².